The highest BCUT2D eigenvalue weighted by molar-refractivity contribution is 7.91. The Bertz CT molecular complexity index is 778. The Kier molecular flexibility index (Phi) is 4.49. The van der Waals surface area contributed by atoms with Gasteiger partial charge in [0.15, 0.2) is 0 Å². The average Bonchev–Trinajstić information content (AvgIpc) is 2.91. The van der Waals surface area contributed by atoms with Gasteiger partial charge in [0.1, 0.15) is 4.21 Å². The largest absolute Gasteiger partial charge is 0.328 e. The first-order valence-electron chi connectivity index (χ1n) is 7.33. The monoisotopic (exact) mass is 358 g/mol. The van der Waals surface area contributed by atoms with Crippen molar-refractivity contribution >= 4 is 43.0 Å². The predicted molar refractivity (Wildman–Crippen MR) is 92.0 cm³/mol. The van der Waals surface area contributed by atoms with Gasteiger partial charge in [-0.05, 0) is 55.3 Å². The molecule has 0 radical (unpaired) electrons. The molecule has 3 rings (SSSR count). The van der Waals surface area contributed by atoms with Gasteiger partial charge in [0.05, 0.1) is 0 Å². The van der Waals surface area contributed by atoms with E-state index in [9.17, 15) is 8.42 Å². The summed E-state index contributed by atoms with van der Waals surface area (Å²) in [4.78, 5) is 0. The lowest BCUT2D eigenvalue weighted by atomic mass is 9.92. The highest BCUT2D eigenvalue weighted by atomic mass is 35.5. The number of rotatable bonds is 3. The van der Waals surface area contributed by atoms with Crippen LogP contribution in [0.3, 0.4) is 0 Å². The minimum absolute atomic E-state index is 0.122. The topological polar surface area (TPSA) is 63.4 Å². The number of piperidine rings is 1. The molecule has 1 atom stereocenters. The first-order valence-corrected chi connectivity index (χ1v) is 9.96. The molecule has 120 valence electrons. The normalized spacial score (nSPS) is 19.6. The number of sulfonamides is 1. The van der Waals surface area contributed by atoms with Crippen molar-refractivity contribution in [3.8, 4) is 0 Å². The second kappa shape index (κ2) is 6.09. The summed E-state index contributed by atoms with van der Waals surface area (Å²) in [6.45, 7) is 3.08. The molecule has 1 aromatic carbocycles. The van der Waals surface area contributed by atoms with Crippen molar-refractivity contribution in [1.82, 2.24) is 4.31 Å². The molecule has 22 heavy (non-hydrogen) atoms. The van der Waals surface area contributed by atoms with Crippen LogP contribution in [0.5, 0.6) is 0 Å². The quantitative estimate of drug-likeness (QED) is 0.915. The van der Waals surface area contributed by atoms with Crippen LogP contribution in [0, 0.1) is 5.92 Å². The van der Waals surface area contributed by atoms with E-state index in [1.54, 1.807) is 22.5 Å². The molecule has 1 aliphatic heterocycles. The minimum Gasteiger partial charge on any atom is -0.328 e. The zero-order valence-electron chi connectivity index (χ0n) is 12.3. The van der Waals surface area contributed by atoms with Crippen molar-refractivity contribution < 1.29 is 8.42 Å². The van der Waals surface area contributed by atoms with Gasteiger partial charge < -0.3 is 5.73 Å². The van der Waals surface area contributed by atoms with Gasteiger partial charge in [0.25, 0.3) is 10.0 Å². The standard InChI is InChI=1S/C15H19ClN2O2S2/c1-10(17)11-4-6-18(7-5-11)22(19,20)15-9-12-8-13(16)2-3-14(12)21-15/h2-3,8-11H,4-7,17H2,1H3. The number of hydrogen-bond donors (Lipinski definition) is 1. The van der Waals surface area contributed by atoms with E-state index >= 15 is 0 Å². The SMILES string of the molecule is CC(N)C1CCN(S(=O)(=O)c2cc3cc(Cl)ccc3s2)CC1. The number of nitrogens with two attached hydrogens (primary N) is 1. The number of benzene rings is 1. The molecule has 2 N–H and O–H groups in total. The molecule has 2 heterocycles. The zero-order chi connectivity index (χ0) is 15.9. The fourth-order valence-corrected chi connectivity index (χ4v) is 6.07. The van der Waals surface area contributed by atoms with Crippen LogP contribution >= 0.6 is 22.9 Å². The van der Waals surface area contributed by atoms with Crippen LogP contribution in [0.1, 0.15) is 19.8 Å². The van der Waals surface area contributed by atoms with Gasteiger partial charge >= 0.3 is 0 Å². The third-order valence-corrected chi connectivity index (χ3v) is 7.99. The van der Waals surface area contributed by atoms with Crippen LogP contribution in [-0.4, -0.2) is 31.9 Å². The molecular weight excluding hydrogens is 340 g/mol. The number of thiophene rings is 1. The highest BCUT2D eigenvalue weighted by Gasteiger charge is 2.31. The van der Waals surface area contributed by atoms with E-state index in [-0.39, 0.29) is 6.04 Å². The van der Waals surface area contributed by atoms with Gasteiger partial charge in [0.2, 0.25) is 0 Å². The molecule has 1 aromatic heterocycles. The van der Waals surface area contributed by atoms with Gasteiger partial charge in [-0.3, -0.25) is 0 Å². The summed E-state index contributed by atoms with van der Waals surface area (Å²) in [6.07, 6.45) is 1.65. The first-order chi connectivity index (χ1) is 10.4. The fourth-order valence-electron chi connectivity index (χ4n) is 2.89. The second-order valence-electron chi connectivity index (χ2n) is 5.85. The number of halogens is 1. The molecule has 1 fully saturated rings. The summed E-state index contributed by atoms with van der Waals surface area (Å²) in [5, 5.41) is 1.49. The third kappa shape index (κ3) is 3.03. The van der Waals surface area contributed by atoms with Crippen LogP contribution in [0.15, 0.2) is 28.5 Å². The van der Waals surface area contributed by atoms with Crippen LogP contribution in [0.2, 0.25) is 5.02 Å². The molecule has 7 heteroatoms. The Morgan fingerprint density at radius 3 is 2.64 bits per heavy atom. The van der Waals surface area contributed by atoms with Crippen LogP contribution < -0.4 is 5.73 Å². The Hall–Kier alpha value is -0.660. The number of nitrogens with zero attached hydrogens (tertiary/aromatic N) is 1. The summed E-state index contributed by atoms with van der Waals surface area (Å²) in [5.74, 6) is 0.410. The molecule has 0 aliphatic carbocycles. The Balaban J connectivity index is 1.86. The van der Waals surface area contributed by atoms with Crippen molar-refractivity contribution in [3.05, 3.63) is 29.3 Å². The molecule has 1 aliphatic rings. The van der Waals surface area contributed by atoms with Crippen molar-refractivity contribution in [2.45, 2.75) is 30.0 Å². The molecule has 0 bridgehead atoms. The molecule has 0 saturated carbocycles. The van der Waals surface area contributed by atoms with Crippen LogP contribution in [-0.2, 0) is 10.0 Å². The van der Waals surface area contributed by atoms with E-state index in [1.165, 1.54) is 11.3 Å². The van der Waals surface area contributed by atoms with E-state index in [4.69, 9.17) is 17.3 Å². The van der Waals surface area contributed by atoms with Crippen molar-refractivity contribution in [3.63, 3.8) is 0 Å². The van der Waals surface area contributed by atoms with Crippen molar-refractivity contribution in [1.29, 1.82) is 0 Å². The average molecular weight is 359 g/mol. The Labute approximate surface area is 139 Å². The van der Waals surface area contributed by atoms with E-state index in [0.29, 0.717) is 28.2 Å². The maximum Gasteiger partial charge on any atom is 0.252 e. The van der Waals surface area contributed by atoms with E-state index in [1.807, 2.05) is 13.0 Å². The van der Waals surface area contributed by atoms with Gasteiger partial charge in [0, 0.05) is 28.9 Å². The van der Waals surface area contributed by atoms with Crippen molar-refractivity contribution in [2.24, 2.45) is 11.7 Å². The van der Waals surface area contributed by atoms with Gasteiger partial charge in [-0.25, -0.2) is 8.42 Å². The first kappa shape index (κ1) is 16.2. The number of fused-ring (bicyclic) bond motifs is 1. The second-order valence-corrected chi connectivity index (χ2v) is 9.53. The minimum atomic E-state index is -3.42. The summed E-state index contributed by atoms with van der Waals surface area (Å²) in [6, 6.07) is 7.29. The molecule has 0 amide bonds. The van der Waals surface area contributed by atoms with E-state index in [0.717, 1.165) is 22.9 Å². The Morgan fingerprint density at radius 2 is 2.00 bits per heavy atom. The smallest absolute Gasteiger partial charge is 0.252 e. The lowest BCUT2D eigenvalue weighted by molar-refractivity contribution is 0.251. The molecule has 4 nitrogen and oxygen atoms in total. The predicted octanol–water partition coefficient (Wildman–Crippen LogP) is 3.30. The van der Waals surface area contributed by atoms with Crippen molar-refractivity contribution in [2.75, 3.05) is 13.1 Å². The lowest BCUT2D eigenvalue weighted by Crippen LogP contribution is -2.42. The zero-order valence-corrected chi connectivity index (χ0v) is 14.7. The Morgan fingerprint density at radius 1 is 1.32 bits per heavy atom. The van der Waals surface area contributed by atoms with Gasteiger partial charge in [-0.1, -0.05) is 11.6 Å². The van der Waals surface area contributed by atoms with Crippen LogP contribution in [0.4, 0.5) is 0 Å². The molecule has 1 saturated heterocycles. The van der Waals surface area contributed by atoms with Gasteiger partial charge in [-0.15, -0.1) is 11.3 Å². The fraction of sp³-hybridized carbons (Fsp3) is 0.467. The number of hydrogen-bond acceptors (Lipinski definition) is 4. The van der Waals surface area contributed by atoms with E-state index < -0.39 is 10.0 Å². The summed E-state index contributed by atoms with van der Waals surface area (Å²) in [5.41, 5.74) is 5.92. The summed E-state index contributed by atoms with van der Waals surface area (Å²) < 4.78 is 28.5. The maximum atomic E-state index is 12.8. The summed E-state index contributed by atoms with van der Waals surface area (Å²) in [7, 11) is -3.42. The van der Waals surface area contributed by atoms with Gasteiger partial charge in [-0.2, -0.15) is 4.31 Å². The summed E-state index contributed by atoms with van der Waals surface area (Å²) >= 11 is 7.27. The van der Waals surface area contributed by atoms with E-state index in [2.05, 4.69) is 0 Å². The highest BCUT2D eigenvalue weighted by Crippen LogP contribution is 2.34. The molecule has 2 aromatic rings. The lowest BCUT2D eigenvalue weighted by Gasteiger charge is -2.32. The van der Waals surface area contributed by atoms with Crippen LogP contribution in [0.25, 0.3) is 10.1 Å². The maximum absolute atomic E-state index is 12.8. The molecular formula is C15H19ClN2O2S2. The molecule has 1 unspecified atom stereocenters. The molecule has 0 spiro atoms. The third-order valence-electron chi connectivity index (χ3n) is 4.29.